The highest BCUT2D eigenvalue weighted by atomic mass is 32.2. The summed E-state index contributed by atoms with van der Waals surface area (Å²) in [5.74, 6) is 0.0117. The Labute approximate surface area is 173 Å². The van der Waals surface area contributed by atoms with Crippen LogP contribution >= 0.6 is 19.4 Å². The molecular formula is C20H23N2O5PS. The van der Waals surface area contributed by atoms with Crippen molar-refractivity contribution in [1.29, 1.82) is 0 Å². The molecular weight excluding hydrogens is 411 g/mol. The smallest absolute Gasteiger partial charge is 0.335 e. The van der Waals surface area contributed by atoms with Crippen molar-refractivity contribution in [2.75, 3.05) is 24.3 Å². The third-order valence-corrected chi connectivity index (χ3v) is 6.75. The standard InChI is InChI=1S/C20H23N2O5PS/c1-3-25-28(24,26-4-2)13-15-9-11-16(12-10-15)21-19(23)14-29-20-22-17-7-5-6-8-18(17)27-20/h5-12H,3-4,13-14H2,1-2H3,(H,21,23). The van der Waals surface area contributed by atoms with Crippen LogP contribution in [0.1, 0.15) is 19.4 Å². The molecule has 0 bridgehead atoms. The van der Waals surface area contributed by atoms with E-state index in [0.717, 1.165) is 11.1 Å². The van der Waals surface area contributed by atoms with Crippen molar-refractivity contribution >= 4 is 42.1 Å². The van der Waals surface area contributed by atoms with Gasteiger partial charge in [-0.1, -0.05) is 36.0 Å². The highest BCUT2D eigenvalue weighted by molar-refractivity contribution is 7.99. The van der Waals surface area contributed by atoms with Gasteiger partial charge in [0.1, 0.15) is 5.52 Å². The monoisotopic (exact) mass is 434 g/mol. The Morgan fingerprint density at radius 2 is 1.79 bits per heavy atom. The molecule has 0 aliphatic rings. The van der Waals surface area contributed by atoms with Crippen LogP contribution in [0.5, 0.6) is 0 Å². The Hall–Kier alpha value is -2.12. The zero-order valence-corrected chi connectivity index (χ0v) is 18.0. The molecule has 0 radical (unpaired) electrons. The lowest BCUT2D eigenvalue weighted by Crippen LogP contribution is -2.14. The number of nitrogens with one attached hydrogen (secondary N) is 1. The molecule has 0 saturated carbocycles. The summed E-state index contributed by atoms with van der Waals surface area (Å²) < 4.78 is 28.8. The van der Waals surface area contributed by atoms with Gasteiger partial charge in [0.25, 0.3) is 5.22 Å². The lowest BCUT2D eigenvalue weighted by molar-refractivity contribution is -0.113. The Kier molecular flexibility index (Phi) is 7.50. The number of benzene rings is 2. The quantitative estimate of drug-likeness (QED) is 0.341. The molecule has 1 N–H and O–H groups in total. The highest BCUT2D eigenvalue weighted by Crippen LogP contribution is 2.51. The number of hydrogen-bond acceptors (Lipinski definition) is 7. The fraction of sp³-hybridized carbons (Fsp3) is 0.300. The number of aromatic nitrogens is 1. The first-order valence-electron chi connectivity index (χ1n) is 9.26. The van der Waals surface area contributed by atoms with E-state index in [9.17, 15) is 9.36 Å². The number of para-hydroxylation sites is 2. The first kappa shape index (κ1) is 21.6. The van der Waals surface area contributed by atoms with E-state index in [1.54, 1.807) is 38.1 Å². The number of carbonyl (C=O) groups excluding carboxylic acids is 1. The van der Waals surface area contributed by atoms with E-state index >= 15 is 0 Å². The molecule has 0 unspecified atom stereocenters. The topological polar surface area (TPSA) is 90.7 Å². The number of oxazole rings is 1. The van der Waals surface area contributed by atoms with Gasteiger partial charge in [0, 0.05) is 5.69 Å². The van der Waals surface area contributed by atoms with Crippen molar-refractivity contribution in [3.05, 3.63) is 54.1 Å². The maximum Gasteiger partial charge on any atom is 0.335 e. The molecule has 0 atom stereocenters. The molecule has 0 spiro atoms. The van der Waals surface area contributed by atoms with Crippen LogP contribution in [-0.4, -0.2) is 29.9 Å². The Bertz CT molecular complexity index is 963. The predicted octanol–water partition coefficient (Wildman–Crippen LogP) is 5.32. The molecule has 1 heterocycles. The van der Waals surface area contributed by atoms with Crippen molar-refractivity contribution in [3.8, 4) is 0 Å². The summed E-state index contributed by atoms with van der Waals surface area (Å²) >= 11 is 1.24. The predicted molar refractivity (Wildman–Crippen MR) is 114 cm³/mol. The summed E-state index contributed by atoms with van der Waals surface area (Å²) in [5, 5.41) is 3.28. The third kappa shape index (κ3) is 6.18. The highest BCUT2D eigenvalue weighted by Gasteiger charge is 2.23. The summed E-state index contributed by atoms with van der Waals surface area (Å²) in [5.41, 5.74) is 2.93. The van der Waals surface area contributed by atoms with Gasteiger partial charge in [-0.25, -0.2) is 4.98 Å². The summed E-state index contributed by atoms with van der Waals surface area (Å²) in [6.45, 7) is 4.21. The third-order valence-electron chi connectivity index (χ3n) is 3.87. The molecule has 3 aromatic rings. The molecule has 29 heavy (non-hydrogen) atoms. The molecule has 0 fully saturated rings. The number of fused-ring (bicyclic) bond motifs is 1. The van der Waals surface area contributed by atoms with Gasteiger partial charge in [-0.05, 0) is 43.7 Å². The number of thioether (sulfide) groups is 1. The molecule has 154 valence electrons. The Morgan fingerprint density at radius 3 is 2.45 bits per heavy atom. The van der Waals surface area contributed by atoms with E-state index in [0.29, 0.717) is 29.7 Å². The van der Waals surface area contributed by atoms with Crippen LogP contribution in [0.4, 0.5) is 5.69 Å². The zero-order valence-electron chi connectivity index (χ0n) is 16.3. The van der Waals surface area contributed by atoms with E-state index in [-0.39, 0.29) is 17.8 Å². The summed E-state index contributed by atoms with van der Waals surface area (Å²) in [6.07, 6.45) is 0.191. The minimum absolute atomic E-state index is 0.167. The fourth-order valence-corrected chi connectivity index (χ4v) is 5.02. The van der Waals surface area contributed by atoms with E-state index in [1.807, 2.05) is 24.3 Å². The lowest BCUT2D eigenvalue weighted by atomic mass is 10.2. The Balaban J connectivity index is 1.53. The largest absolute Gasteiger partial charge is 0.431 e. The first-order valence-corrected chi connectivity index (χ1v) is 12.0. The van der Waals surface area contributed by atoms with Gasteiger partial charge in [-0.15, -0.1) is 0 Å². The van der Waals surface area contributed by atoms with Crippen molar-refractivity contribution in [2.45, 2.75) is 25.2 Å². The average molecular weight is 434 g/mol. The van der Waals surface area contributed by atoms with Gasteiger partial charge < -0.3 is 18.8 Å². The van der Waals surface area contributed by atoms with Crippen molar-refractivity contribution in [2.24, 2.45) is 0 Å². The number of carbonyl (C=O) groups is 1. The van der Waals surface area contributed by atoms with Crippen LogP contribution in [0.3, 0.4) is 0 Å². The van der Waals surface area contributed by atoms with E-state index in [4.69, 9.17) is 13.5 Å². The zero-order chi connectivity index (χ0) is 20.7. The number of nitrogens with zero attached hydrogens (tertiary/aromatic N) is 1. The van der Waals surface area contributed by atoms with Gasteiger partial charge in [0.05, 0.1) is 25.1 Å². The van der Waals surface area contributed by atoms with Crippen LogP contribution in [0, 0.1) is 0 Å². The van der Waals surface area contributed by atoms with Crippen LogP contribution < -0.4 is 5.32 Å². The van der Waals surface area contributed by atoms with Gasteiger partial charge in [0.15, 0.2) is 5.58 Å². The van der Waals surface area contributed by atoms with E-state index < -0.39 is 7.60 Å². The molecule has 0 aliphatic carbocycles. The van der Waals surface area contributed by atoms with E-state index in [1.165, 1.54) is 11.8 Å². The van der Waals surface area contributed by atoms with Crippen LogP contribution in [-0.2, 0) is 24.6 Å². The fourth-order valence-electron chi connectivity index (χ4n) is 2.68. The average Bonchev–Trinajstić information content (AvgIpc) is 3.11. The van der Waals surface area contributed by atoms with Gasteiger partial charge >= 0.3 is 7.60 Å². The van der Waals surface area contributed by atoms with E-state index in [2.05, 4.69) is 10.3 Å². The second kappa shape index (κ2) is 10.1. The number of anilines is 1. The molecule has 9 heteroatoms. The van der Waals surface area contributed by atoms with Crippen molar-refractivity contribution < 1.29 is 22.8 Å². The number of amides is 1. The second-order valence-corrected chi connectivity index (χ2v) is 9.07. The van der Waals surface area contributed by atoms with Crippen molar-refractivity contribution in [1.82, 2.24) is 4.98 Å². The first-order chi connectivity index (χ1) is 14.0. The molecule has 1 amide bonds. The van der Waals surface area contributed by atoms with Gasteiger partial charge in [-0.3, -0.25) is 9.36 Å². The molecule has 0 saturated heterocycles. The molecule has 1 aromatic heterocycles. The van der Waals surface area contributed by atoms with Crippen LogP contribution in [0.2, 0.25) is 0 Å². The summed E-state index contributed by atoms with van der Waals surface area (Å²) in [4.78, 5) is 16.5. The number of hydrogen-bond donors (Lipinski definition) is 1. The summed E-state index contributed by atoms with van der Waals surface area (Å²) in [7, 11) is -3.15. The molecule has 3 rings (SSSR count). The maximum atomic E-state index is 12.6. The maximum absolute atomic E-state index is 12.6. The minimum Gasteiger partial charge on any atom is -0.431 e. The Morgan fingerprint density at radius 1 is 1.10 bits per heavy atom. The summed E-state index contributed by atoms with van der Waals surface area (Å²) in [6, 6.07) is 14.6. The van der Waals surface area contributed by atoms with Crippen LogP contribution in [0.25, 0.3) is 11.1 Å². The number of rotatable bonds is 10. The van der Waals surface area contributed by atoms with Gasteiger partial charge in [-0.2, -0.15) is 0 Å². The molecule has 0 aliphatic heterocycles. The normalized spacial score (nSPS) is 11.7. The van der Waals surface area contributed by atoms with Crippen LogP contribution in [0.15, 0.2) is 58.2 Å². The second-order valence-electron chi connectivity index (χ2n) is 6.09. The van der Waals surface area contributed by atoms with Crippen molar-refractivity contribution in [3.63, 3.8) is 0 Å². The molecule has 2 aromatic carbocycles. The SMILES string of the molecule is CCOP(=O)(Cc1ccc(NC(=O)CSc2nc3ccccc3o2)cc1)OCC. The lowest BCUT2D eigenvalue weighted by Gasteiger charge is -2.17. The molecule has 7 nitrogen and oxygen atoms in total. The minimum atomic E-state index is -3.15. The van der Waals surface area contributed by atoms with Gasteiger partial charge in [0.2, 0.25) is 5.91 Å².